The third kappa shape index (κ3) is 4.98. The van der Waals surface area contributed by atoms with E-state index >= 15 is 0 Å². The lowest BCUT2D eigenvalue weighted by Crippen LogP contribution is -2.38. The molecule has 1 aromatic rings. The molecule has 0 fully saturated rings. The minimum Gasteiger partial charge on any atom is -0.483 e. The molecule has 0 aliphatic carbocycles. The van der Waals surface area contributed by atoms with Crippen LogP contribution in [0.1, 0.15) is 20.8 Å². The normalized spacial score (nSPS) is 12.3. The third-order valence-electron chi connectivity index (χ3n) is 2.64. The second-order valence-corrected chi connectivity index (χ2v) is 6.23. The van der Waals surface area contributed by atoms with Crippen molar-refractivity contribution in [3.63, 3.8) is 0 Å². The summed E-state index contributed by atoms with van der Waals surface area (Å²) >= 11 is 6.74. The van der Waals surface area contributed by atoms with Gasteiger partial charge in [0.1, 0.15) is 5.75 Å². The van der Waals surface area contributed by atoms with E-state index in [4.69, 9.17) is 4.74 Å². The molecule has 1 aromatic carbocycles. The van der Waals surface area contributed by atoms with Gasteiger partial charge in [-0.25, -0.2) is 0 Å². The standard InChI is InChI=1S/C13H17Br2NO2/c1-8(2)9(3)16-13(17)7-18-12-5-4-10(14)6-11(12)15/h4-6,8-9H,7H2,1-3H3,(H,16,17). The molecule has 100 valence electrons. The van der Waals surface area contributed by atoms with Gasteiger partial charge in [0.05, 0.1) is 4.47 Å². The van der Waals surface area contributed by atoms with E-state index < -0.39 is 0 Å². The van der Waals surface area contributed by atoms with E-state index in [1.54, 1.807) is 0 Å². The molecule has 3 nitrogen and oxygen atoms in total. The quantitative estimate of drug-likeness (QED) is 0.847. The highest BCUT2D eigenvalue weighted by atomic mass is 79.9. The van der Waals surface area contributed by atoms with Crippen molar-refractivity contribution in [1.29, 1.82) is 0 Å². The number of carbonyl (C=O) groups excluding carboxylic acids is 1. The lowest BCUT2D eigenvalue weighted by Gasteiger charge is -2.17. The van der Waals surface area contributed by atoms with Gasteiger partial charge >= 0.3 is 0 Å². The summed E-state index contributed by atoms with van der Waals surface area (Å²) in [5.74, 6) is 0.963. The topological polar surface area (TPSA) is 38.3 Å². The van der Waals surface area contributed by atoms with Crippen LogP contribution in [0.15, 0.2) is 27.1 Å². The van der Waals surface area contributed by atoms with Crippen molar-refractivity contribution in [3.05, 3.63) is 27.1 Å². The zero-order valence-electron chi connectivity index (χ0n) is 10.7. The molecule has 0 aliphatic rings. The average molecular weight is 379 g/mol. The Bertz CT molecular complexity index is 421. The summed E-state index contributed by atoms with van der Waals surface area (Å²) in [6.07, 6.45) is 0. The zero-order chi connectivity index (χ0) is 13.7. The Morgan fingerprint density at radius 3 is 2.56 bits per heavy atom. The molecule has 1 rings (SSSR count). The average Bonchev–Trinajstić information content (AvgIpc) is 2.27. The number of rotatable bonds is 5. The highest BCUT2D eigenvalue weighted by molar-refractivity contribution is 9.11. The number of ether oxygens (including phenoxy) is 1. The van der Waals surface area contributed by atoms with Crippen LogP contribution in [-0.4, -0.2) is 18.6 Å². The van der Waals surface area contributed by atoms with E-state index in [0.717, 1.165) is 8.95 Å². The predicted octanol–water partition coefficient (Wildman–Crippen LogP) is 3.75. The molecule has 1 unspecified atom stereocenters. The second-order valence-electron chi connectivity index (χ2n) is 4.46. The molecule has 0 spiro atoms. The zero-order valence-corrected chi connectivity index (χ0v) is 13.8. The molecular weight excluding hydrogens is 362 g/mol. The first-order valence-electron chi connectivity index (χ1n) is 5.77. The SMILES string of the molecule is CC(C)C(C)NC(=O)COc1ccc(Br)cc1Br. The summed E-state index contributed by atoms with van der Waals surface area (Å²) in [4.78, 5) is 11.6. The van der Waals surface area contributed by atoms with E-state index in [9.17, 15) is 4.79 Å². The minimum absolute atomic E-state index is 0.0251. The molecule has 0 heterocycles. The lowest BCUT2D eigenvalue weighted by molar-refractivity contribution is -0.124. The summed E-state index contributed by atoms with van der Waals surface area (Å²) in [6, 6.07) is 5.71. The second kappa shape index (κ2) is 7.14. The fourth-order valence-corrected chi connectivity index (χ4v) is 2.36. The molecule has 0 saturated carbocycles. The van der Waals surface area contributed by atoms with E-state index in [2.05, 4.69) is 51.0 Å². The maximum atomic E-state index is 11.6. The highest BCUT2D eigenvalue weighted by Gasteiger charge is 2.11. The largest absolute Gasteiger partial charge is 0.483 e. The molecule has 0 saturated heterocycles. The first-order chi connectivity index (χ1) is 8.40. The minimum atomic E-state index is -0.106. The van der Waals surface area contributed by atoms with Gasteiger partial charge in [0, 0.05) is 10.5 Å². The molecule has 18 heavy (non-hydrogen) atoms. The summed E-state index contributed by atoms with van der Waals surface area (Å²) in [5, 5.41) is 2.89. The van der Waals surface area contributed by atoms with Crippen LogP contribution in [-0.2, 0) is 4.79 Å². The molecular formula is C13H17Br2NO2. The highest BCUT2D eigenvalue weighted by Crippen LogP contribution is 2.28. The van der Waals surface area contributed by atoms with Crippen molar-refractivity contribution >= 4 is 37.8 Å². The molecule has 0 aliphatic heterocycles. The van der Waals surface area contributed by atoms with Crippen LogP contribution in [0.2, 0.25) is 0 Å². The van der Waals surface area contributed by atoms with Crippen LogP contribution in [0.5, 0.6) is 5.75 Å². The van der Waals surface area contributed by atoms with Crippen LogP contribution < -0.4 is 10.1 Å². The molecule has 0 radical (unpaired) electrons. The van der Waals surface area contributed by atoms with Crippen LogP contribution in [0, 0.1) is 5.92 Å². The van der Waals surface area contributed by atoms with Crippen LogP contribution in [0.4, 0.5) is 0 Å². The van der Waals surface area contributed by atoms with Gasteiger partial charge < -0.3 is 10.1 Å². The van der Waals surface area contributed by atoms with E-state index in [1.165, 1.54) is 0 Å². The number of carbonyl (C=O) groups is 1. The molecule has 0 bridgehead atoms. The maximum Gasteiger partial charge on any atom is 0.258 e. The predicted molar refractivity (Wildman–Crippen MR) is 79.8 cm³/mol. The van der Waals surface area contributed by atoms with Crippen molar-refractivity contribution in [3.8, 4) is 5.75 Å². The van der Waals surface area contributed by atoms with Crippen molar-refractivity contribution in [2.45, 2.75) is 26.8 Å². The van der Waals surface area contributed by atoms with Gasteiger partial charge in [-0.1, -0.05) is 29.8 Å². The van der Waals surface area contributed by atoms with Crippen LogP contribution in [0.25, 0.3) is 0 Å². The van der Waals surface area contributed by atoms with Gasteiger partial charge in [0.2, 0.25) is 0 Å². The van der Waals surface area contributed by atoms with Crippen molar-refractivity contribution in [2.24, 2.45) is 5.92 Å². The van der Waals surface area contributed by atoms with E-state index in [0.29, 0.717) is 11.7 Å². The summed E-state index contributed by atoms with van der Waals surface area (Å²) in [7, 11) is 0. The third-order valence-corrected chi connectivity index (χ3v) is 3.75. The Hall–Kier alpha value is -0.550. The van der Waals surface area contributed by atoms with Gasteiger partial charge in [-0.05, 0) is 47.0 Å². The lowest BCUT2D eigenvalue weighted by atomic mass is 10.1. The maximum absolute atomic E-state index is 11.6. The number of benzene rings is 1. The van der Waals surface area contributed by atoms with E-state index in [1.807, 2.05) is 25.1 Å². The monoisotopic (exact) mass is 377 g/mol. The fraction of sp³-hybridized carbons (Fsp3) is 0.462. The van der Waals surface area contributed by atoms with Crippen molar-refractivity contribution < 1.29 is 9.53 Å². The summed E-state index contributed by atoms with van der Waals surface area (Å²) in [5.41, 5.74) is 0. The van der Waals surface area contributed by atoms with E-state index in [-0.39, 0.29) is 18.6 Å². The van der Waals surface area contributed by atoms with Gasteiger partial charge in [-0.15, -0.1) is 0 Å². The number of hydrogen-bond donors (Lipinski definition) is 1. The Morgan fingerprint density at radius 2 is 2.00 bits per heavy atom. The smallest absolute Gasteiger partial charge is 0.258 e. The Labute approximate surface area is 125 Å². The first kappa shape index (κ1) is 15.5. The van der Waals surface area contributed by atoms with Gasteiger partial charge in [-0.3, -0.25) is 4.79 Å². The molecule has 5 heteroatoms. The van der Waals surface area contributed by atoms with Gasteiger partial charge in [-0.2, -0.15) is 0 Å². The van der Waals surface area contributed by atoms with Gasteiger partial charge in [0.15, 0.2) is 6.61 Å². The van der Waals surface area contributed by atoms with Gasteiger partial charge in [0.25, 0.3) is 5.91 Å². The Morgan fingerprint density at radius 1 is 1.33 bits per heavy atom. The van der Waals surface area contributed by atoms with Crippen molar-refractivity contribution in [1.82, 2.24) is 5.32 Å². The molecule has 1 atom stereocenters. The molecule has 0 aromatic heterocycles. The number of hydrogen-bond acceptors (Lipinski definition) is 2. The summed E-state index contributed by atoms with van der Waals surface area (Å²) < 4.78 is 7.23. The number of nitrogens with one attached hydrogen (secondary N) is 1. The number of amides is 1. The summed E-state index contributed by atoms with van der Waals surface area (Å²) in [6.45, 7) is 6.14. The molecule has 1 amide bonds. The van der Waals surface area contributed by atoms with Crippen LogP contribution >= 0.6 is 31.9 Å². The fourth-order valence-electron chi connectivity index (χ4n) is 1.20. The Kier molecular flexibility index (Phi) is 6.15. The van der Waals surface area contributed by atoms with Crippen LogP contribution in [0.3, 0.4) is 0 Å². The first-order valence-corrected chi connectivity index (χ1v) is 7.36. The molecule has 1 N–H and O–H groups in total. The number of halogens is 2. The van der Waals surface area contributed by atoms with Crippen molar-refractivity contribution in [2.75, 3.05) is 6.61 Å². The Balaban J connectivity index is 2.47.